The number of hydrogen-bond acceptors (Lipinski definition) is 2. The van der Waals surface area contributed by atoms with Crippen LogP contribution in [0, 0.1) is 0 Å². The Labute approximate surface area is 73.9 Å². The van der Waals surface area contributed by atoms with Crippen molar-refractivity contribution in [2.45, 2.75) is 19.3 Å². The number of nitrogens with zero attached hydrogens (tertiary/aromatic N) is 1. The average molecular weight is 164 g/mol. The van der Waals surface area contributed by atoms with Crippen molar-refractivity contribution in [2.75, 3.05) is 19.6 Å². The van der Waals surface area contributed by atoms with E-state index < -0.39 is 0 Å². The first-order valence-electron chi connectivity index (χ1n) is 4.80. The molecule has 1 N–H and O–H groups in total. The molecule has 0 aromatic rings. The van der Waals surface area contributed by atoms with E-state index in [0.717, 1.165) is 13.1 Å². The van der Waals surface area contributed by atoms with Gasteiger partial charge in [-0.2, -0.15) is 0 Å². The maximum atomic E-state index is 3.39. The average Bonchev–Trinajstić information content (AvgIpc) is 2.21. The van der Waals surface area contributed by atoms with Crippen LogP contribution in [0.3, 0.4) is 0 Å². The number of hydrogen-bond donors (Lipinski definition) is 1. The first kappa shape index (κ1) is 7.87. The Kier molecular flexibility index (Phi) is 2.47. The van der Waals surface area contributed by atoms with Crippen molar-refractivity contribution in [2.24, 2.45) is 0 Å². The molecule has 0 radical (unpaired) electrons. The summed E-state index contributed by atoms with van der Waals surface area (Å²) in [6.07, 6.45) is 10.6. The van der Waals surface area contributed by atoms with Crippen LogP contribution in [-0.2, 0) is 0 Å². The molecular formula is C10H16N2. The van der Waals surface area contributed by atoms with E-state index in [1.54, 1.807) is 0 Å². The zero-order chi connectivity index (χ0) is 8.23. The zero-order valence-electron chi connectivity index (χ0n) is 7.42. The topological polar surface area (TPSA) is 15.3 Å². The Morgan fingerprint density at radius 3 is 3.00 bits per heavy atom. The second-order valence-electron chi connectivity index (χ2n) is 3.38. The van der Waals surface area contributed by atoms with E-state index in [1.165, 1.54) is 31.5 Å². The molecule has 2 heterocycles. The molecule has 0 fully saturated rings. The lowest BCUT2D eigenvalue weighted by molar-refractivity contribution is 0.408. The molecule has 12 heavy (non-hydrogen) atoms. The van der Waals surface area contributed by atoms with Gasteiger partial charge in [0.25, 0.3) is 0 Å². The fraction of sp³-hybridized carbons (Fsp3) is 0.600. The lowest BCUT2D eigenvalue weighted by Gasteiger charge is -2.28. The zero-order valence-corrected chi connectivity index (χ0v) is 7.42. The van der Waals surface area contributed by atoms with Crippen LogP contribution in [-0.4, -0.2) is 24.5 Å². The Morgan fingerprint density at radius 1 is 1.33 bits per heavy atom. The molecule has 0 aliphatic carbocycles. The van der Waals surface area contributed by atoms with E-state index in [2.05, 4.69) is 28.6 Å². The van der Waals surface area contributed by atoms with Crippen LogP contribution < -0.4 is 5.32 Å². The summed E-state index contributed by atoms with van der Waals surface area (Å²) >= 11 is 0. The van der Waals surface area contributed by atoms with Gasteiger partial charge in [-0.1, -0.05) is 12.2 Å². The molecular weight excluding hydrogens is 148 g/mol. The normalized spacial score (nSPS) is 24.0. The fourth-order valence-electron chi connectivity index (χ4n) is 1.74. The summed E-state index contributed by atoms with van der Waals surface area (Å²) in [6, 6.07) is 0. The van der Waals surface area contributed by atoms with Crippen molar-refractivity contribution in [1.29, 1.82) is 0 Å². The van der Waals surface area contributed by atoms with E-state index in [-0.39, 0.29) is 0 Å². The van der Waals surface area contributed by atoms with Gasteiger partial charge in [0.05, 0.1) is 0 Å². The van der Waals surface area contributed by atoms with Crippen LogP contribution in [0.4, 0.5) is 0 Å². The van der Waals surface area contributed by atoms with Gasteiger partial charge in [-0.05, 0) is 32.0 Å². The summed E-state index contributed by atoms with van der Waals surface area (Å²) in [7, 11) is 0. The summed E-state index contributed by atoms with van der Waals surface area (Å²) in [5.74, 6) is 0. The van der Waals surface area contributed by atoms with Crippen LogP contribution in [0.2, 0.25) is 0 Å². The van der Waals surface area contributed by atoms with E-state index in [0.29, 0.717) is 0 Å². The molecule has 0 aromatic carbocycles. The van der Waals surface area contributed by atoms with Gasteiger partial charge in [0.15, 0.2) is 0 Å². The second-order valence-corrected chi connectivity index (χ2v) is 3.38. The minimum absolute atomic E-state index is 1.05. The van der Waals surface area contributed by atoms with Gasteiger partial charge in [0, 0.05) is 18.8 Å². The Hall–Kier alpha value is -0.760. The molecule has 2 rings (SSSR count). The van der Waals surface area contributed by atoms with Crippen molar-refractivity contribution in [3.8, 4) is 0 Å². The summed E-state index contributed by atoms with van der Waals surface area (Å²) in [4.78, 5) is 2.37. The van der Waals surface area contributed by atoms with Crippen molar-refractivity contribution in [1.82, 2.24) is 10.2 Å². The summed E-state index contributed by atoms with van der Waals surface area (Å²) < 4.78 is 0. The summed E-state index contributed by atoms with van der Waals surface area (Å²) in [6.45, 7) is 3.38. The van der Waals surface area contributed by atoms with Gasteiger partial charge in [0.1, 0.15) is 0 Å². The van der Waals surface area contributed by atoms with E-state index in [1.807, 2.05) is 0 Å². The molecule has 0 spiro atoms. The van der Waals surface area contributed by atoms with Gasteiger partial charge in [-0.25, -0.2) is 0 Å². The molecule has 66 valence electrons. The molecule has 0 amide bonds. The van der Waals surface area contributed by atoms with Crippen LogP contribution in [0.25, 0.3) is 0 Å². The largest absolute Gasteiger partial charge is 0.351 e. The van der Waals surface area contributed by atoms with Gasteiger partial charge in [-0.3, -0.25) is 0 Å². The second kappa shape index (κ2) is 3.76. The molecule has 2 aliphatic rings. The Morgan fingerprint density at radius 2 is 2.33 bits per heavy atom. The van der Waals surface area contributed by atoms with Crippen molar-refractivity contribution >= 4 is 0 Å². The maximum absolute atomic E-state index is 3.39. The third-order valence-corrected chi connectivity index (χ3v) is 2.43. The van der Waals surface area contributed by atoms with Crippen LogP contribution >= 0.6 is 0 Å². The lowest BCUT2D eigenvalue weighted by Crippen LogP contribution is -2.31. The highest BCUT2D eigenvalue weighted by Gasteiger charge is 2.10. The van der Waals surface area contributed by atoms with E-state index in [4.69, 9.17) is 0 Å². The molecule has 2 nitrogen and oxygen atoms in total. The predicted octanol–water partition coefficient (Wildman–Crippen LogP) is 1.47. The SMILES string of the molecule is C1=CN(C2=CCCNC2)CCC1. The fourth-order valence-corrected chi connectivity index (χ4v) is 1.74. The highest BCUT2D eigenvalue weighted by Crippen LogP contribution is 2.14. The molecule has 0 atom stereocenters. The summed E-state index contributed by atoms with van der Waals surface area (Å²) in [5, 5.41) is 3.39. The molecule has 0 aromatic heterocycles. The highest BCUT2D eigenvalue weighted by molar-refractivity contribution is 5.11. The van der Waals surface area contributed by atoms with Gasteiger partial charge in [-0.15, -0.1) is 0 Å². The molecule has 0 saturated heterocycles. The van der Waals surface area contributed by atoms with Crippen molar-refractivity contribution in [3.05, 3.63) is 24.0 Å². The molecule has 2 aliphatic heterocycles. The molecule has 0 saturated carbocycles. The quantitative estimate of drug-likeness (QED) is 0.631. The minimum atomic E-state index is 1.05. The highest BCUT2D eigenvalue weighted by atomic mass is 15.1. The minimum Gasteiger partial charge on any atom is -0.351 e. The van der Waals surface area contributed by atoms with E-state index >= 15 is 0 Å². The Balaban J connectivity index is 2.01. The maximum Gasteiger partial charge on any atom is 0.0356 e. The van der Waals surface area contributed by atoms with Gasteiger partial charge >= 0.3 is 0 Å². The van der Waals surface area contributed by atoms with Crippen LogP contribution in [0.15, 0.2) is 24.0 Å². The third-order valence-electron chi connectivity index (χ3n) is 2.43. The third kappa shape index (κ3) is 1.69. The Bertz CT molecular complexity index is 206. The van der Waals surface area contributed by atoms with Crippen molar-refractivity contribution in [3.63, 3.8) is 0 Å². The first-order valence-corrected chi connectivity index (χ1v) is 4.80. The van der Waals surface area contributed by atoms with Crippen LogP contribution in [0.5, 0.6) is 0 Å². The van der Waals surface area contributed by atoms with Crippen LogP contribution in [0.1, 0.15) is 19.3 Å². The lowest BCUT2D eigenvalue weighted by atomic mass is 10.1. The molecule has 0 unspecified atom stereocenters. The monoisotopic (exact) mass is 164 g/mol. The number of nitrogens with one attached hydrogen (secondary N) is 1. The summed E-state index contributed by atoms with van der Waals surface area (Å²) in [5.41, 5.74) is 1.46. The predicted molar refractivity (Wildman–Crippen MR) is 50.6 cm³/mol. The first-order chi connectivity index (χ1) is 5.97. The van der Waals surface area contributed by atoms with Gasteiger partial charge < -0.3 is 10.2 Å². The van der Waals surface area contributed by atoms with Crippen molar-refractivity contribution < 1.29 is 0 Å². The smallest absolute Gasteiger partial charge is 0.0356 e. The number of allylic oxidation sites excluding steroid dienone is 1. The number of rotatable bonds is 1. The van der Waals surface area contributed by atoms with Gasteiger partial charge in [0.2, 0.25) is 0 Å². The standard InChI is InChI=1S/C10H16N2/c1-2-7-12(8-3-1)10-5-4-6-11-9-10/h2,5,7,11H,1,3-4,6,8-9H2. The molecule has 2 heteroatoms. The molecule has 0 bridgehead atoms. The van der Waals surface area contributed by atoms with E-state index in [9.17, 15) is 0 Å².